The molecule has 1 aromatic carbocycles. The van der Waals surface area contributed by atoms with Crippen molar-refractivity contribution in [1.29, 1.82) is 0 Å². The summed E-state index contributed by atoms with van der Waals surface area (Å²) in [5.41, 5.74) is 2.92. The molecular weight excluding hydrogens is 266 g/mol. The fraction of sp³-hybridized carbons (Fsp3) is 0.538. The van der Waals surface area contributed by atoms with Gasteiger partial charge in [-0.25, -0.2) is 0 Å². The Hall–Kier alpha value is -0.380. The number of aryl methyl sites for hydroxylation is 1. The summed E-state index contributed by atoms with van der Waals surface area (Å²) in [6.45, 7) is 2.93. The highest BCUT2D eigenvalue weighted by Gasteiger charge is 2.23. The van der Waals surface area contributed by atoms with E-state index < -0.39 is 0 Å². The summed E-state index contributed by atoms with van der Waals surface area (Å²) in [5, 5.41) is 3.62. The number of methoxy groups -OCH3 is 1. The Kier molecular flexibility index (Phi) is 4.00. The Morgan fingerprint density at radius 2 is 2.38 bits per heavy atom. The van der Waals surface area contributed by atoms with Crippen molar-refractivity contribution >= 4 is 15.9 Å². The minimum Gasteiger partial charge on any atom is -0.383 e. The van der Waals surface area contributed by atoms with Crippen molar-refractivity contribution < 1.29 is 4.74 Å². The highest BCUT2D eigenvalue weighted by molar-refractivity contribution is 9.10. The Morgan fingerprint density at radius 3 is 3.12 bits per heavy atom. The molecule has 1 N–H and O–H groups in total. The van der Waals surface area contributed by atoms with E-state index in [0.29, 0.717) is 12.1 Å². The smallest absolute Gasteiger partial charge is 0.0613 e. The van der Waals surface area contributed by atoms with Gasteiger partial charge in [-0.3, -0.25) is 0 Å². The molecular formula is C13H18BrNO. The fourth-order valence-corrected chi connectivity index (χ4v) is 2.81. The van der Waals surface area contributed by atoms with Gasteiger partial charge in [0, 0.05) is 23.7 Å². The van der Waals surface area contributed by atoms with Gasteiger partial charge < -0.3 is 10.1 Å². The Bertz CT molecular complexity index is 367. The van der Waals surface area contributed by atoms with E-state index in [4.69, 9.17) is 4.74 Å². The number of fused-ring (bicyclic) bond motifs is 1. The first-order valence-electron chi connectivity index (χ1n) is 5.74. The zero-order valence-corrected chi connectivity index (χ0v) is 11.4. The van der Waals surface area contributed by atoms with Gasteiger partial charge in [0.25, 0.3) is 0 Å². The van der Waals surface area contributed by atoms with E-state index >= 15 is 0 Å². The van der Waals surface area contributed by atoms with Crippen LogP contribution in [0.5, 0.6) is 0 Å². The van der Waals surface area contributed by atoms with Crippen LogP contribution in [0.3, 0.4) is 0 Å². The number of hydrogen-bond acceptors (Lipinski definition) is 2. The standard InChI is InChI=1S/C13H18BrNO/c1-9(8-16-2)15-13-6-3-10-7-11(14)4-5-12(10)13/h4-5,7,9,13,15H,3,6,8H2,1-2H3. The molecule has 16 heavy (non-hydrogen) atoms. The third-order valence-corrected chi connectivity index (χ3v) is 3.58. The lowest BCUT2D eigenvalue weighted by atomic mass is 10.1. The second-order valence-electron chi connectivity index (χ2n) is 4.46. The SMILES string of the molecule is COCC(C)NC1CCc2cc(Br)ccc21. The van der Waals surface area contributed by atoms with Gasteiger partial charge in [0.1, 0.15) is 0 Å². The lowest BCUT2D eigenvalue weighted by Crippen LogP contribution is -2.32. The van der Waals surface area contributed by atoms with Crippen LogP contribution < -0.4 is 5.32 Å². The van der Waals surface area contributed by atoms with E-state index in [9.17, 15) is 0 Å². The molecule has 88 valence electrons. The molecule has 3 heteroatoms. The van der Waals surface area contributed by atoms with Gasteiger partial charge in [0.2, 0.25) is 0 Å². The summed E-state index contributed by atoms with van der Waals surface area (Å²) in [6, 6.07) is 7.49. The van der Waals surface area contributed by atoms with Crippen molar-refractivity contribution in [2.24, 2.45) is 0 Å². The van der Waals surface area contributed by atoms with Crippen molar-refractivity contribution in [1.82, 2.24) is 5.32 Å². The number of hydrogen-bond donors (Lipinski definition) is 1. The molecule has 2 atom stereocenters. The predicted octanol–water partition coefficient (Wildman–Crippen LogP) is 3.06. The number of ether oxygens (including phenoxy) is 1. The minimum absolute atomic E-state index is 0.407. The molecule has 1 aliphatic rings. The van der Waals surface area contributed by atoms with Crippen LogP contribution in [-0.4, -0.2) is 19.8 Å². The molecule has 0 radical (unpaired) electrons. The summed E-state index contributed by atoms with van der Waals surface area (Å²) in [4.78, 5) is 0. The third kappa shape index (κ3) is 2.65. The fourth-order valence-electron chi connectivity index (χ4n) is 2.40. The lowest BCUT2D eigenvalue weighted by Gasteiger charge is -2.19. The number of benzene rings is 1. The average molecular weight is 284 g/mol. The van der Waals surface area contributed by atoms with Gasteiger partial charge in [-0.05, 0) is 43.0 Å². The van der Waals surface area contributed by atoms with Crippen molar-refractivity contribution in [3.63, 3.8) is 0 Å². The highest BCUT2D eigenvalue weighted by atomic mass is 79.9. The molecule has 0 aromatic heterocycles. The van der Waals surface area contributed by atoms with Crippen molar-refractivity contribution in [3.05, 3.63) is 33.8 Å². The summed E-state index contributed by atoms with van der Waals surface area (Å²) in [6.07, 6.45) is 2.37. The Labute approximate surface area is 106 Å². The van der Waals surface area contributed by atoms with Crippen LogP contribution in [0.25, 0.3) is 0 Å². The van der Waals surface area contributed by atoms with Gasteiger partial charge >= 0.3 is 0 Å². The van der Waals surface area contributed by atoms with Crippen LogP contribution in [0.15, 0.2) is 22.7 Å². The van der Waals surface area contributed by atoms with Crippen molar-refractivity contribution in [3.8, 4) is 0 Å². The lowest BCUT2D eigenvalue weighted by molar-refractivity contribution is 0.166. The maximum atomic E-state index is 5.15. The summed E-state index contributed by atoms with van der Waals surface area (Å²) >= 11 is 3.52. The number of halogens is 1. The number of nitrogens with one attached hydrogen (secondary N) is 1. The highest BCUT2D eigenvalue weighted by Crippen LogP contribution is 2.33. The summed E-state index contributed by atoms with van der Waals surface area (Å²) in [7, 11) is 1.75. The molecule has 1 aromatic rings. The van der Waals surface area contributed by atoms with Crippen LogP contribution in [0.4, 0.5) is 0 Å². The second-order valence-corrected chi connectivity index (χ2v) is 5.37. The second kappa shape index (κ2) is 5.30. The first-order valence-corrected chi connectivity index (χ1v) is 6.53. The van der Waals surface area contributed by atoms with E-state index in [1.165, 1.54) is 28.4 Å². The first-order chi connectivity index (χ1) is 7.70. The molecule has 0 saturated heterocycles. The first kappa shape index (κ1) is 12.1. The molecule has 0 bridgehead atoms. The zero-order chi connectivity index (χ0) is 11.5. The molecule has 0 heterocycles. The molecule has 0 fully saturated rings. The van der Waals surface area contributed by atoms with Gasteiger partial charge in [-0.1, -0.05) is 22.0 Å². The van der Waals surface area contributed by atoms with Gasteiger partial charge in [-0.15, -0.1) is 0 Å². The topological polar surface area (TPSA) is 21.3 Å². The largest absolute Gasteiger partial charge is 0.383 e. The quantitative estimate of drug-likeness (QED) is 0.917. The molecule has 0 spiro atoms. The third-order valence-electron chi connectivity index (χ3n) is 3.09. The normalized spacial score (nSPS) is 20.8. The predicted molar refractivity (Wildman–Crippen MR) is 69.7 cm³/mol. The minimum atomic E-state index is 0.407. The Morgan fingerprint density at radius 1 is 1.56 bits per heavy atom. The van der Waals surface area contributed by atoms with Crippen molar-refractivity contribution in [2.45, 2.75) is 31.8 Å². The summed E-state index contributed by atoms with van der Waals surface area (Å²) in [5.74, 6) is 0. The molecule has 1 aliphatic carbocycles. The van der Waals surface area contributed by atoms with E-state index in [1.807, 2.05) is 0 Å². The van der Waals surface area contributed by atoms with Gasteiger partial charge in [-0.2, -0.15) is 0 Å². The van der Waals surface area contributed by atoms with Crippen LogP contribution in [0, 0.1) is 0 Å². The molecule has 2 rings (SSSR count). The maximum Gasteiger partial charge on any atom is 0.0613 e. The van der Waals surface area contributed by atoms with E-state index in [0.717, 1.165) is 6.61 Å². The van der Waals surface area contributed by atoms with Crippen molar-refractivity contribution in [2.75, 3.05) is 13.7 Å². The molecule has 0 aliphatic heterocycles. The van der Waals surface area contributed by atoms with E-state index in [1.54, 1.807) is 7.11 Å². The molecule has 2 nitrogen and oxygen atoms in total. The van der Waals surface area contributed by atoms with Crippen LogP contribution in [-0.2, 0) is 11.2 Å². The average Bonchev–Trinajstić information content (AvgIpc) is 2.61. The number of rotatable bonds is 4. The van der Waals surface area contributed by atoms with Gasteiger partial charge in [0.05, 0.1) is 6.61 Å². The Balaban J connectivity index is 2.06. The van der Waals surface area contributed by atoms with Crippen LogP contribution >= 0.6 is 15.9 Å². The molecule has 0 amide bonds. The van der Waals surface area contributed by atoms with E-state index in [-0.39, 0.29) is 0 Å². The molecule has 0 saturated carbocycles. The molecule has 2 unspecified atom stereocenters. The summed E-state index contributed by atoms with van der Waals surface area (Å²) < 4.78 is 6.33. The van der Waals surface area contributed by atoms with E-state index in [2.05, 4.69) is 46.4 Å². The van der Waals surface area contributed by atoms with Crippen LogP contribution in [0.1, 0.15) is 30.5 Å². The maximum absolute atomic E-state index is 5.15. The van der Waals surface area contributed by atoms with Gasteiger partial charge in [0.15, 0.2) is 0 Å². The monoisotopic (exact) mass is 283 g/mol. The zero-order valence-electron chi connectivity index (χ0n) is 9.79. The van der Waals surface area contributed by atoms with Crippen LogP contribution in [0.2, 0.25) is 0 Å².